The lowest BCUT2D eigenvalue weighted by atomic mass is 10.2. The molecule has 2 fully saturated rings. The molecule has 11 nitrogen and oxygen atoms in total. The van der Waals surface area contributed by atoms with Gasteiger partial charge in [0.1, 0.15) is 11.4 Å². The Kier molecular flexibility index (Phi) is 7.00. The fraction of sp³-hybridized carbons (Fsp3) is 0.500. The van der Waals surface area contributed by atoms with Crippen LogP contribution in [0.2, 0.25) is 0 Å². The van der Waals surface area contributed by atoms with E-state index < -0.39 is 16.2 Å². The second-order valence-electron chi connectivity index (χ2n) is 7.67. The van der Waals surface area contributed by atoms with Crippen LogP contribution in [0.25, 0.3) is 17.0 Å². The number of fused-ring (bicyclic) bond motifs is 1. The summed E-state index contributed by atoms with van der Waals surface area (Å²) in [6, 6.07) is 1.58. The highest BCUT2D eigenvalue weighted by Crippen LogP contribution is 2.35. The van der Waals surface area contributed by atoms with E-state index in [-0.39, 0.29) is 28.9 Å². The summed E-state index contributed by atoms with van der Waals surface area (Å²) in [6.07, 6.45) is 7.25. The molecule has 0 amide bonds. The standard InChI is InChI=1S/C15H16FN7O3S.C5H11N/c1-17-15-19-7-9(16)13(20-15)10-8-18-12-6-11(26-2)14(21-23(10)12)22-4-3-5-27(22,24)25;1-2-4-6-5-3-1/h6-8H,3-5H2,1-2H3,(H-,17,19,20,24,25);6H,1-5H2/p+1. The van der Waals surface area contributed by atoms with Crippen molar-refractivity contribution < 1.29 is 17.9 Å². The number of halogens is 1. The fourth-order valence-electron chi connectivity index (χ4n) is 3.73. The van der Waals surface area contributed by atoms with Crippen LogP contribution < -0.4 is 19.7 Å². The van der Waals surface area contributed by atoms with Crippen molar-refractivity contribution in [1.29, 1.82) is 0 Å². The molecule has 2 saturated heterocycles. The number of aromatic nitrogens is 5. The van der Waals surface area contributed by atoms with Gasteiger partial charge in [-0.1, -0.05) is 6.42 Å². The molecular weight excluding hydrogens is 451 g/mol. The van der Waals surface area contributed by atoms with Gasteiger partial charge in [0.15, 0.2) is 23.0 Å². The minimum atomic E-state index is -3.22. The molecule has 0 radical (unpaired) electrons. The zero-order chi connectivity index (χ0) is 23.4. The summed E-state index contributed by atoms with van der Waals surface area (Å²) in [4.78, 5) is 12.2. The Bertz CT molecular complexity index is 1160. The van der Waals surface area contributed by atoms with Crippen molar-refractivity contribution in [2.75, 3.05) is 49.2 Å². The predicted molar refractivity (Wildman–Crippen MR) is 124 cm³/mol. The van der Waals surface area contributed by atoms with E-state index in [0.717, 1.165) is 6.20 Å². The van der Waals surface area contributed by atoms with Crippen LogP contribution in [0.3, 0.4) is 0 Å². The van der Waals surface area contributed by atoms with Crippen LogP contribution in [0.1, 0.15) is 25.7 Å². The monoisotopic (exact) mass is 479 g/mol. The van der Waals surface area contributed by atoms with Crippen molar-refractivity contribution in [2.45, 2.75) is 25.7 Å². The van der Waals surface area contributed by atoms with Crippen LogP contribution in [0, 0.1) is 5.82 Å². The number of nitrogens with zero attached hydrogens (tertiary/aromatic N) is 6. The Morgan fingerprint density at radius 1 is 1.21 bits per heavy atom. The van der Waals surface area contributed by atoms with E-state index in [4.69, 9.17) is 4.74 Å². The van der Waals surface area contributed by atoms with E-state index in [1.807, 2.05) is 0 Å². The van der Waals surface area contributed by atoms with Crippen LogP contribution in [0.5, 0.6) is 5.75 Å². The second-order valence-corrected chi connectivity index (χ2v) is 9.73. The molecular formula is C20H28FN8O3S+. The van der Waals surface area contributed by atoms with Crippen LogP contribution in [0.15, 0.2) is 18.5 Å². The molecule has 5 rings (SSSR count). The fourth-order valence-corrected chi connectivity index (χ4v) is 5.27. The van der Waals surface area contributed by atoms with E-state index >= 15 is 0 Å². The van der Waals surface area contributed by atoms with Crippen molar-refractivity contribution in [3.63, 3.8) is 0 Å². The average molecular weight is 480 g/mol. The molecule has 2 aliphatic heterocycles. The van der Waals surface area contributed by atoms with E-state index in [2.05, 4.69) is 30.7 Å². The Hall–Kier alpha value is -2.90. The first kappa shape index (κ1) is 23.3. The number of hydrogen-bond donors (Lipinski definition) is 3. The van der Waals surface area contributed by atoms with Gasteiger partial charge >= 0.3 is 10.4 Å². The molecule has 0 aliphatic carbocycles. The highest BCUT2D eigenvalue weighted by Gasteiger charge is 2.44. The molecule has 0 aromatic carbocycles. The maximum Gasteiger partial charge on any atom is 0.314 e. The molecule has 1 unspecified atom stereocenters. The third-order valence-electron chi connectivity index (χ3n) is 5.43. The SMILES string of the molecule is C1CCNCC1.CNc1ncc(F)c(-c2cnc3cc(OC)c(N4CCC[S+]4(=O)O)nn23)n1. The van der Waals surface area contributed by atoms with Crippen molar-refractivity contribution in [3.8, 4) is 17.1 Å². The normalized spacial score (nSPS) is 20.4. The van der Waals surface area contributed by atoms with Gasteiger partial charge in [-0.05, 0) is 30.1 Å². The lowest BCUT2D eigenvalue weighted by Gasteiger charge is -2.16. The van der Waals surface area contributed by atoms with Gasteiger partial charge in [0.25, 0.3) is 0 Å². The first-order valence-corrected chi connectivity index (χ1v) is 12.4. The summed E-state index contributed by atoms with van der Waals surface area (Å²) in [6.45, 7) is 2.86. The van der Waals surface area contributed by atoms with Gasteiger partial charge in [0.05, 0.1) is 26.0 Å². The topological polar surface area (TPSA) is 130 Å². The minimum absolute atomic E-state index is 0.0108. The summed E-state index contributed by atoms with van der Waals surface area (Å²) in [5, 5.41) is 10.5. The number of rotatable bonds is 4. The molecule has 3 aromatic rings. The molecule has 0 bridgehead atoms. The zero-order valence-electron chi connectivity index (χ0n) is 18.6. The third-order valence-corrected chi connectivity index (χ3v) is 7.29. The second kappa shape index (κ2) is 9.93. The molecule has 1 atom stereocenters. The maximum atomic E-state index is 14.3. The van der Waals surface area contributed by atoms with Gasteiger partial charge in [0, 0.05) is 19.5 Å². The van der Waals surface area contributed by atoms with E-state index in [1.165, 1.54) is 54.5 Å². The molecule has 5 heterocycles. The largest absolute Gasteiger partial charge is 0.492 e. The van der Waals surface area contributed by atoms with E-state index in [1.54, 1.807) is 13.1 Å². The molecule has 3 N–H and O–H groups in total. The van der Waals surface area contributed by atoms with Gasteiger partial charge in [0.2, 0.25) is 11.8 Å². The van der Waals surface area contributed by atoms with Crippen molar-refractivity contribution in [3.05, 3.63) is 24.3 Å². The smallest absolute Gasteiger partial charge is 0.314 e. The Morgan fingerprint density at radius 2 is 2.00 bits per heavy atom. The summed E-state index contributed by atoms with van der Waals surface area (Å²) >= 11 is 0. The lowest BCUT2D eigenvalue weighted by molar-refractivity contribution is 0.412. The van der Waals surface area contributed by atoms with Gasteiger partial charge in [-0.2, -0.15) is 4.55 Å². The van der Waals surface area contributed by atoms with Crippen molar-refractivity contribution >= 4 is 27.8 Å². The molecule has 2 aliphatic rings. The van der Waals surface area contributed by atoms with Crippen LogP contribution in [-0.4, -0.2) is 68.7 Å². The highest BCUT2D eigenvalue weighted by atomic mass is 32.3. The Balaban J connectivity index is 0.000000376. The predicted octanol–water partition coefficient (Wildman–Crippen LogP) is 2.23. The molecule has 13 heteroatoms. The van der Waals surface area contributed by atoms with Crippen LogP contribution in [0.4, 0.5) is 16.2 Å². The number of piperidine rings is 1. The van der Waals surface area contributed by atoms with E-state index in [9.17, 15) is 13.2 Å². The van der Waals surface area contributed by atoms with Gasteiger partial charge < -0.3 is 15.4 Å². The van der Waals surface area contributed by atoms with Crippen molar-refractivity contribution in [2.24, 2.45) is 0 Å². The first-order chi connectivity index (χ1) is 15.9. The zero-order valence-corrected chi connectivity index (χ0v) is 19.4. The average Bonchev–Trinajstić information content (AvgIpc) is 3.41. The quantitative estimate of drug-likeness (QED) is 0.482. The number of methoxy groups -OCH3 is 1. The van der Waals surface area contributed by atoms with Gasteiger partial charge in [-0.3, -0.25) is 0 Å². The number of hydrogen-bond acceptors (Lipinski definition) is 8. The lowest BCUT2D eigenvalue weighted by Crippen LogP contribution is -2.32. The summed E-state index contributed by atoms with van der Waals surface area (Å²) in [7, 11) is -0.157. The Morgan fingerprint density at radius 3 is 2.58 bits per heavy atom. The first-order valence-electron chi connectivity index (χ1n) is 10.8. The maximum absolute atomic E-state index is 14.3. The third kappa shape index (κ3) is 4.89. The number of imidazole rings is 1. The molecule has 0 spiro atoms. The minimum Gasteiger partial charge on any atom is -0.492 e. The summed E-state index contributed by atoms with van der Waals surface area (Å²) < 4.78 is 45.0. The van der Waals surface area contributed by atoms with Crippen LogP contribution in [-0.2, 0) is 14.6 Å². The van der Waals surface area contributed by atoms with E-state index in [0.29, 0.717) is 24.4 Å². The molecule has 0 saturated carbocycles. The summed E-state index contributed by atoms with van der Waals surface area (Å²) in [5.41, 5.74) is 0.684. The van der Waals surface area contributed by atoms with Gasteiger partial charge in [-0.25, -0.2) is 23.9 Å². The number of anilines is 2. The summed E-state index contributed by atoms with van der Waals surface area (Å²) in [5.74, 6) is 0.258. The highest BCUT2D eigenvalue weighted by molar-refractivity contribution is 7.99. The van der Waals surface area contributed by atoms with Gasteiger partial charge in [-0.15, -0.1) is 9.40 Å². The van der Waals surface area contributed by atoms with Crippen molar-refractivity contribution in [1.82, 2.24) is 29.9 Å². The molecule has 3 aromatic heterocycles. The Labute approximate surface area is 192 Å². The molecule has 33 heavy (non-hydrogen) atoms. The number of nitrogens with one attached hydrogen (secondary N) is 2. The molecule has 178 valence electrons. The van der Waals surface area contributed by atoms with Crippen LogP contribution >= 0.6 is 0 Å². The number of ether oxygens (including phenoxy) is 1.